The number of hydrogen-bond acceptors (Lipinski definition) is 5. The van der Waals surface area contributed by atoms with E-state index in [2.05, 4.69) is 74.6 Å². The van der Waals surface area contributed by atoms with Crippen LogP contribution < -0.4 is 15.7 Å². The smallest absolute Gasteiger partial charge is 0.356 e. The highest BCUT2D eigenvalue weighted by Crippen LogP contribution is 2.43. The summed E-state index contributed by atoms with van der Waals surface area (Å²) < 4.78 is 12.6. The quantitative estimate of drug-likeness (QED) is 0.152. The minimum absolute atomic E-state index is 0.0352. The lowest BCUT2D eigenvalue weighted by atomic mass is 9.96. The second-order valence-corrected chi connectivity index (χ2v) is 17.4. The molecule has 0 saturated carbocycles. The summed E-state index contributed by atoms with van der Waals surface area (Å²) in [5.41, 5.74) is 3.66. The van der Waals surface area contributed by atoms with E-state index in [4.69, 9.17) is 14.1 Å². The van der Waals surface area contributed by atoms with Crippen LogP contribution in [0.25, 0.3) is 11.3 Å². The summed E-state index contributed by atoms with van der Waals surface area (Å²) in [6.45, 7) is 13.5. The van der Waals surface area contributed by atoms with E-state index < -0.39 is 14.3 Å². The Balaban J connectivity index is 1.59. The number of ether oxygens (including phenoxy) is 1. The molecule has 0 spiro atoms. The van der Waals surface area contributed by atoms with Gasteiger partial charge in [0, 0.05) is 30.3 Å². The van der Waals surface area contributed by atoms with Crippen LogP contribution in [0, 0.1) is 0 Å². The van der Waals surface area contributed by atoms with Gasteiger partial charge in [-0.3, -0.25) is 0 Å². The normalized spacial score (nSPS) is 14.7. The number of carbonyl (C=O) groups excluding carboxylic acids is 2. The van der Waals surface area contributed by atoms with Gasteiger partial charge in [-0.05, 0) is 54.2 Å². The van der Waals surface area contributed by atoms with Crippen LogP contribution in [0.15, 0.2) is 97.1 Å². The van der Waals surface area contributed by atoms with Gasteiger partial charge < -0.3 is 19.4 Å². The minimum Gasteiger partial charge on any atom is -0.461 e. The first-order valence-electron chi connectivity index (χ1n) is 16.1. The fourth-order valence-corrected chi connectivity index (χ4v) is 11.2. The topological polar surface area (TPSA) is 80.8 Å². The summed E-state index contributed by atoms with van der Waals surface area (Å²) in [6, 6.07) is 32.3. The van der Waals surface area contributed by atoms with Gasteiger partial charge in [0.2, 0.25) is 0 Å². The molecule has 3 aromatic carbocycles. The van der Waals surface area contributed by atoms with E-state index in [1.165, 1.54) is 10.4 Å². The molecule has 240 valence electrons. The Morgan fingerprint density at radius 3 is 2.02 bits per heavy atom. The lowest BCUT2D eigenvalue weighted by Crippen LogP contribution is -2.66. The van der Waals surface area contributed by atoms with E-state index >= 15 is 0 Å². The lowest BCUT2D eigenvalue weighted by molar-refractivity contribution is 0.0519. The van der Waals surface area contributed by atoms with E-state index in [1.54, 1.807) is 13.0 Å². The summed E-state index contributed by atoms with van der Waals surface area (Å²) in [4.78, 5) is 33.4. The third-order valence-corrected chi connectivity index (χ3v) is 13.6. The standard InChI is InChI=1S/C38H45N3O4Si/c1-7-44-36(42)32-25-29-26-41(37(43)39-27(2)3)33(34(29)35(40-32)28-17-11-8-12-18-28)23-24-45-46(38(4,5)6,30-19-13-9-14-20-30)31-21-15-10-16-22-31/h8-22,25,27,33H,7,23-24,26H2,1-6H3,(H,39,43)/t33-/m1/s1. The molecule has 0 radical (unpaired) electrons. The summed E-state index contributed by atoms with van der Waals surface area (Å²) in [5.74, 6) is -0.473. The minimum atomic E-state index is -2.79. The number of urea groups is 1. The Bertz CT molecular complexity index is 1600. The number of pyridine rings is 1. The van der Waals surface area contributed by atoms with Crippen molar-refractivity contribution in [2.45, 2.75) is 71.6 Å². The van der Waals surface area contributed by atoms with Crippen LogP contribution in [-0.2, 0) is 15.7 Å². The van der Waals surface area contributed by atoms with Crippen LogP contribution in [-0.4, -0.2) is 49.5 Å². The molecule has 1 atom stereocenters. The Kier molecular flexibility index (Phi) is 10.1. The predicted octanol–water partition coefficient (Wildman–Crippen LogP) is 6.87. The van der Waals surface area contributed by atoms with Crippen LogP contribution in [0.2, 0.25) is 5.04 Å². The first-order chi connectivity index (χ1) is 22.1. The molecule has 0 saturated heterocycles. The van der Waals surface area contributed by atoms with E-state index in [0.717, 1.165) is 16.7 Å². The van der Waals surface area contributed by atoms with Gasteiger partial charge in [-0.15, -0.1) is 0 Å². The largest absolute Gasteiger partial charge is 0.461 e. The molecule has 0 bridgehead atoms. The van der Waals surface area contributed by atoms with Crippen LogP contribution in [0.5, 0.6) is 0 Å². The summed E-state index contributed by atoms with van der Waals surface area (Å²) >= 11 is 0. The fourth-order valence-electron chi connectivity index (χ4n) is 6.61. The number of rotatable bonds is 10. The number of aromatic nitrogens is 1. The van der Waals surface area contributed by atoms with Gasteiger partial charge in [-0.25, -0.2) is 14.6 Å². The Morgan fingerprint density at radius 2 is 1.50 bits per heavy atom. The first kappa shape index (κ1) is 33.1. The maximum absolute atomic E-state index is 13.7. The maximum Gasteiger partial charge on any atom is 0.356 e. The van der Waals surface area contributed by atoms with Crippen LogP contribution in [0.1, 0.15) is 75.6 Å². The lowest BCUT2D eigenvalue weighted by Gasteiger charge is -2.43. The summed E-state index contributed by atoms with van der Waals surface area (Å²) in [6.07, 6.45) is 0.559. The van der Waals surface area contributed by atoms with Gasteiger partial charge in [-0.2, -0.15) is 0 Å². The van der Waals surface area contributed by atoms with Gasteiger partial charge in [0.25, 0.3) is 8.32 Å². The second kappa shape index (κ2) is 14.0. The Labute approximate surface area is 274 Å². The molecular weight excluding hydrogens is 591 g/mol. The van der Waals surface area contributed by atoms with Crippen molar-refractivity contribution in [1.29, 1.82) is 0 Å². The molecular formula is C38H45N3O4Si. The third kappa shape index (κ3) is 6.64. The van der Waals surface area contributed by atoms with Gasteiger partial charge in [0.05, 0.1) is 18.3 Å². The van der Waals surface area contributed by atoms with E-state index in [1.807, 2.05) is 61.2 Å². The average molecular weight is 636 g/mol. The van der Waals surface area contributed by atoms with Gasteiger partial charge in [0.15, 0.2) is 0 Å². The molecule has 1 N–H and O–H groups in total. The molecule has 4 aromatic rings. The number of nitrogens with one attached hydrogen (secondary N) is 1. The van der Waals surface area contributed by atoms with Crippen molar-refractivity contribution >= 4 is 30.7 Å². The van der Waals surface area contributed by atoms with Crippen molar-refractivity contribution in [3.8, 4) is 11.3 Å². The van der Waals surface area contributed by atoms with Crippen molar-refractivity contribution in [3.63, 3.8) is 0 Å². The van der Waals surface area contributed by atoms with E-state index in [9.17, 15) is 9.59 Å². The Morgan fingerprint density at radius 1 is 0.935 bits per heavy atom. The van der Waals surface area contributed by atoms with Crippen molar-refractivity contribution in [2.75, 3.05) is 13.2 Å². The summed E-state index contributed by atoms with van der Waals surface area (Å²) in [5, 5.41) is 5.33. The SMILES string of the molecule is CCOC(=O)c1cc2c(c(-c3ccccc3)n1)[C@@H](CCO[Si](c1ccccc1)(c1ccccc1)C(C)(C)C)N(C(=O)NC(C)C)C2. The Hall–Kier alpha value is -4.27. The highest BCUT2D eigenvalue weighted by atomic mass is 28.4. The number of hydrogen-bond donors (Lipinski definition) is 1. The average Bonchev–Trinajstić information content (AvgIpc) is 3.42. The monoisotopic (exact) mass is 635 g/mol. The number of nitrogens with zero attached hydrogens (tertiary/aromatic N) is 2. The predicted molar refractivity (Wildman–Crippen MR) is 186 cm³/mol. The number of benzene rings is 3. The number of esters is 1. The molecule has 0 fully saturated rings. The van der Waals surface area contributed by atoms with Gasteiger partial charge in [-0.1, -0.05) is 112 Å². The van der Waals surface area contributed by atoms with Crippen LogP contribution >= 0.6 is 0 Å². The zero-order chi connectivity index (χ0) is 32.9. The molecule has 0 aliphatic carbocycles. The maximum atomic E-state index is 13.7. The van der Waals surface area contributed by atoms with Crippen molar-refractivity contribution in [3.05, 3.63) is 114 Å². The van der Waals surface area contributed by atoms with Crippen molar-refractivity contribution in [1.82, 2.24) is 15.2 Å². The molecule has 7 nitrogen and oxygen atoms in total. The molecule has 8 heteroatoms. The van der Waals surface area contributed by atoms with E-state index in [-0.39, 0.29) is 35.5 Å². The molecule has 1 aliphatic rings. The molecule has 1 aliphatic heterocycles. The third-order valence-electron chi connectivity index (χ3n) is 8.53. The second-order valence-electron chi connectivity index (χ2n) is 13.1. The molecule has 0 unspecified atom stereocenters. The number of amides is 2. The zero-order valence-corrected chi connectivity index (χ0v) is 28.7. The zero-order valence-electron chi connectivity index (χ0n) is 27.7. The highest BCUT2D eigenvalue weighted by molar-refractivity contribution is 6.99. The van der Waals surface area contributed by atoms with Gasteiger partial charge in [0.1, 0.15) is 5.69 Å². The number of fused-ring (bicyclic) bond motifs is 1. The molecule has 2 amide bonds. The highest BCUT2D eigenvalue weighted by Gasteiger charge is 2.50. The molecule has 1 aromatic heterocycles. The van der Waals surface area contributed by atoms with Crippen LogP contribution in [0.4, 0.5) is 4.79 Å². The van der Waals surface area contributed by atoms with Gasteiger partial charge >= 0.3 is 12.0 Å². The summed E-state index contributed by atoms with van der Waals surface area (Å²) in [7, 11) is -2.79. The number of carbonyl (C=O) groups is 2. The molecule has 5 rings (SSSR count). The first-order valence-corrected chi connectivity index (χ1v) is 18.1. The van der Waals surface area contributed by atoms with Crippen molar-refractivity contribution in [2.24, 2.45) is 0 Å². The van der Waals surface area contributed by atoms with Crippen molar-refractivity contribution < 1.29 is 18.8 Å². The molecule has 46 heavy (non-hydrogen) atoms. The van der Waals surface area contributed by atoms with Crippen LogP contribution in [0.3, 0.4) is 0 Å². The van der Waals surface area contributed by atoms with E-state index in [0.29, 0.717) is 25.3 Å². The molecule has 2 heterocycles. The fraction of sp³-hybridized carbons (Fsp3) is 0.342.